The first-order valence-corrected chi connectivity index (χ1v) is 10.7. The molecule has 0 radical (unpaired) electrons. The Hall–Kier alpha value is -3.01. The number of hydrogen-bond acceptors (Lipinski definition) is 7. The number of methoxy groups -OCH3 is 1. The van der Waals surface area contributed by atoms with Gasteiger partial charge in [0.25, 0.3) is 5.69 Å². The van der Waals surface area contributed by atoms with Gasteiger partial charge in [-0.1, -0.05) is 23.7 Å². The summed E-state index contributed by atoms with van der Waals surface area (Å²) in [5.74, 6) is 0.664. The molecule has 0 N–H and O–H groups in total. The molecule has 158 valence electrons. The third-order valence-corrected chi connectivity index (χ3v) is 6.10. The Labute approximate surface area is 187 Å². The number of halogens is 1. The zero-order chi connectivity index (χ0) is 21.8. The molecule has 0 saturated carbocycles. The molecule has 0 saturated heterocycles. The van der Waals surface area contributed by atoms with E-state index in [2.05, 4.69) is 15.2 Å². The second-order valence-corrected chi connectivity index (χ2v) is 8.06. The minimum absolute atomic E-state index is 0.0192. The van der Waals surface area contributed by atoms with Crippen molar-refractivity contribution >= 4 is 39.8 Å². The SMILES string of the molecule is COCCCn1c(Sc2ccc([N+](=O)[O-])c3cnccc23)nnc1-c1ccccc1Cl. The van der Waals surface area contributed by atoms with Crippen LogP contribution in [-0.2, 0) is 11.3 Å². The highest BCUT2D eigenvalue weighted by atomic mass is 35.5. The van der Waals surface area contributed by atoms with Crippen molar-refractivity contribution in [2.45, 2.75) is 23.0 Å². The van der Waals surface area contributed by atoms with E-state index in [4.69, 9.17) is 16.3 Å². The summed E-state index contributed by atoms with van der Waals surface area (Å²) >= 11 is 7.80. The Bertz CT molecular complexity index is 1250. The number of aromatic nitrogens is 4. The number of rotatable bonds is 8. The second-order valence-electron chi connectivity index (χ2n) is 6.65. The fourth-order valence-electron chi connectivity index (χ4n) is 3.27. The Kier molecular flexibility index (Phi) is 6.45. The molecule has 0 spiro atoms. The van der Waals surface area contributed by atoms with Crippen molar-refractivity contribution in [3.05, 3.63) is 70.0 Å². The van der Waals surface area contributed by atoms with E-state index >= 15 is 0 Å². The first-order chi connectivity index (χ1) is 15.1. The van der Waals surface area contributed by atoms with Crippen molar-refractivity contribution in [3.8, 4) is 11.4 Å². The molecule has 0 bridgehead atoms. The molecule has 2 aromatic heterocycles. The van der Waals surface area contributed by atoms with Crippen LogP contribution in [0.15, 0.2) is 64.9 Å². The Morgan fingerprint density at radius 1 is 1.16 bits per heavy atom. The van der Waals surface area contributed by atoms with Crippen molar-refractivity contribution < 1.29 is 9.66 Å². The smallest absolute Gasteiger partial charge is 0.278 e. The van der Waals surface area contributed by atoms with Crippen LogP contribution in [0.25, 0.3) is 22.2 Å². The van der Waals surface area contributed by atoms with Crippen LogP contribution >= 0.6 is 23.4 Å². The maximum atomic E-state index is 11.4. The molecule has 2 heterocycles. The Balaban J connectivity index is 1.78. The van der Waals surface area contributed by atoms with Gasteiger partial charge in [0, 0.05) is 54.6 Å². The molecular formula is C21H18ClN5O3S. The van der Waals surface area contributed by atoms with Crippen LogP contribution in [0.5, 0.6) is 0 Å². The van der Waals surface area contributed by atoms with E-state index in [1.807, 2.05) is 28.8 Å². The van der Waals surface area contributed by atoms with Crippen molar-refractivity contribution in [1.29, 1.82) is 0 Å². The van der Waals surface area contributed by atoms with Gasteiger partial charge in [-0.15, -0.1) is 10.2 Å². The van der Waals surface area contributed by atoms with E-state index in [0.717, 1.165) is 22.3 Å². The van der Waals surface area contributed by atoms with Crippen molar-refractivity contribution in [1.82, 2.24) is 19.7 Å². The van der Waals surface area contributed by atoms with Gasteiger partial charge in [-0.3, -0.25) is 15.1 Å². The lowest BCUT2D eigenvalue weighted by molar-refractivity contribution is -0.383. The molecule has 0 aliphatic heterocycles. The topological polar surface area (TPSA) is 96.0 Å². The van der Waals surface area contributed by atoms with Crippen LogP contribution in [0.1, 0.15) is 6.42 Å². The number of nitro groups is 1. The van der Waals surface area contributed by atoms with Crippen LogP contribution in [0.3, 0.4) is 0 Å². The zero-order valence-electron chi connectivity index (χ0n) is 16.6. The van der Waals surface area contributed by atoms with E-state index in [1.54, 1.807) is 25.4 Å². The number of hydrogen-bond donors (Lipinski definition) is 0. The molecular weight excluding hydrogens is 438 g/mol. The molecule has 4 aromatic rings. The lowest BCUT2D eigenvalue weighted by Crippen LogP contribution is -2.05. The monoisotopic (exact) mass is 455 g/mol. The van der Waals surface area contributed by atoms with Gasteiger partial charge in [0.1, 0.15) is 0 Å². The average molecular weight is 456 g/mol. The third-order valence-electron chi connectivity index (χ3n) is 4.71. The van der Waals surface area contributed by atoms with Crippen molar-refractivity contribution in [2.24, 2.45) is 0 Å². The van der Waals surface area contributed by atoms with Crippen LogP contribution in [0.2, 0.25) is 5.02 Å². The van der Waals surface area contributed by atoms with Gasteiger partial charge in [0.15, 0.2) is 11.0 Å². The fraction of sp³-hybridized carbons (Fsp3) is 0.190. The lowest BCUT2D eigenvalue weighted by Gasteiger charge is -2.12. The maximum Gasteiger partial charge on any atom is 0.278 e. The first-order valence-electron chi connectivity index (χ1n) is 9.46. The highest BCUT2D eigenvalue weighted by Crippen LogP contribution is 2.38. The van der Waals surface area contributed by atoms with Crippen molar-refractivity contribution in [2.75, 3.05) is 13.7 Å². The summed E-state index contributed by atoms with van der Waals surface area (Å²) in [6.07, 6.45) is 3.90. The predicted molar refractivity (Wildman–Crippen MR) is 119 cm³/mol. The average Bonchev–Trinajstić information content (AvgIpc) is 3.16. The van der Waals surface area contributed by atoms with Crippen LogP contribution in [0, 0.1) is 10.1 Å². The molecule has 0 amide bonds. The van der Waals surface area contributed by atoms with E-state index in [1.165, 1.54) is 24.0 Å². The van der Waals surface area contributed by atoms with Crippen LogP contribution < -0.4 is 0 Å². The highest BCUT2D eigenvalue weighted by Gasteiger charge is 2.20. The number of nitrogens with zero attached hydrogens (tertiary/aromatic N) is 5. The van der Waals surface area contributed by atoms with E-state index in [9.17, 15) is 10.1 Å². The largest absolute Gasteiger partial charge is 0.385 e. The number of pyridine rings is 1. The van der Waals surface area contributed by atoms with Gasteiger partial charge in [-0.2, -0.15) is 0 Å². The minimum atomic E-state index is -0.402. The summed E-state index contributed by atoms with van der Waals surface area (Å²) in [5.41, 5.74) is 0.810. The van der Waals surface area contributed by atoms with Gasteiger partial charge in [-0.25, -0.2) is 0 Å². The summed E-state index contributed by atoms with van der Waals surface area (Å²) in [7, 11) is 1.66. The first kappa shape index (κ1) is 21.2. The number of benzene rings is 2. The summed E-state index contributed by atoms with van der Waals surface area (Å²) in [6, 6.07) is 12.5. The third kappa shape index (κ3) is 4.39. The molecule has 4 rings (SSSR count). The van der Waals surface area contributed by atoms with Gasteiger partial charge in [-0.05, 0) is 42.4 Å². The number of fused-ring (bicyclic) bond motifs is 1. The lowest BCUT2D eigenvalue weighted by atomic mass is 10.1. The minimum Gasteiger partial charge on any atom is -0.385 e. The van der Waals surface area contributed by atoms with E-state index < -0.39 is 4.92 Å². The maximum absolute atomic E-state index is 11.4. The van der Waals surface area contributed by atoms with Crippen LogP contribution in [0.4, 0.5) is 5.69 Å². The van der Waals surface area contributed by atoms with Crippen molar-refractivity contribution in [3.63, 3.8) is 0 Å². The van der Waals surface area contributed by atoms with E-state index in [-0.39, 0.29) is 5.69 Å². The molecule has 2 aromatic carbocycles. The molecule has 10 heteroatoms. The Morgan fingerprint density at radius 3 is 2.77 bits per heavy atom. The number of non-ortho nitro benzene ring substituents is 1. The standard InChI is InChI=1S/C21H18ClN5O3S/c1-30-12-4-11-26-20(15-5-2-3-6-17(15)22)24-25-21(26)31-19-8-7-18(27(28)29)16-13-23-10-9-14(16)19/h2-3,5-10,13H,4,11-12H2,1H3. The van der Waals surface area contributed by atoms with Crippen LogP contribution in [-0.4, -0.2) is 38.4 Å². The van der Waals surface area contributed by atoms with E-state index in [0.29, 0.717) is 34.5 Å². The molecule has 0 fully saturated rings. The molecule has 0 unspecified atom stereocenters. The van der Waals surface area contributed by atoms with Gasteiger partial charge >= 0.3 is 0 Å². The summed E-state index contributed by atoms with van der Waals surface area (Å²) in [4.78, 5) is 15.9. The molecule has 0 aliphatic rings. The van der Waals surface area contributed by atoms with Gasteiger partial charge in [0.05, 0.1) is 15.3 Å². The zero-order valence-corrected chi connectivity index (χ0v) is 18.1. The quantitative estimate of drug-likeness (QED) is 0.203. The Morgan fingerprint density at radius 2 is 2.00 bits per heavy atom. The number of ether oxygens (including phenoxy) is 1. The van der Waals surface area contributed by atoms with Gasteiger partial charge in [0.2, 0.25) is 0 Å². The predicted octanol–water partition coefficient (Wildman–Crippen LogP) is 5.24. The highest BCUT2D eigenvalue weighted by molar-refractivity contribution is 7.99. The summed E-state index contributed by atoms with van der Waals surface area (Å²) < 4.78 is 7.20. The summed E-state index contributed by atoms with van der Waals surface area (Å²) in [5, 5.41) is 22.7. The normalized spacial score (nSPS) is 11.2. The molecule has 0 atom stereocenters. The van der Waals surface area contributed by atoms with Gasteiger partial charge < -0.3 is 9.30 Å². The second kappa shape index (κ2) is 9.42. The molecule has 8 nitrogen and oxygen atoms in total. The fourth-order valence-corrected chi connectivity index (χ4v) is 4.48. The molecule has 0 aliphatic carbocycles. The number of nitro benzene ring substituents is 1. The summed E-state index contributed by atoms with van der Waals surface area (Å²) in [6.45, 7) is 1.23. The molecule has 31 heavy (non-hydrogen) atoms.